The minimum Gasteiger partial charge on any atom is -0.497 e. The summed E-state index contributed by atoms with van der Waals surface area (Å²) in [5, 5.41) is 0. The van der Waals surface area contributed by atoms with E-state index in [1.165, 1.54) is 6.33 Å². The Morgan fingerprint density at radius 3 is 2.95 bits per heavy atom. The number of aromatic amines is 1. The summed E-state index contributed by atoms with van der Waals surface area (Å²) in [4.78, 5) is 15.8. The largest absolute Gasteiger partial charge is 0.497 e. The molecular formula is C15H16N4O2. The standard InChI is InChI=1S/C15H16N4O2/c1-3-6-21-13-7-10(20-2)4-5-11(13)14-18-12-8-16-9-17-15(12)19-14/h4-5,7-9H,3,6H2,1-2H3,(H,16,17,18,19). The molecule has 0 radical (unpaired) electrons. The van der Waals surface area contributed by atoms with E-state index < -0.39 is 0 Å². The number of benzene rings is 1. The van der Waals surface area contributed by atoms with E-state index in [9.17, 15) is 0 Å². The lowest BCUT2D eigenvalue weighted by Crippen LogP contribution is -1.98. The highest BCUT2D eigenvalue weighted by Gasteiger charge is 2.13. The second-order valence-corrected chi connectivity index (χ2v) is 4.56. The molecule has 0 saturated carbocycles. The molecule has 0 amide bonds. The van der Waals surface area contributed by atoms with E-state index in [1.54, 1.807) is 13.3 Å². The van der Waals surface area contributed by atoms with Gasteiger partial charge >= 0.3 is 0 Å². The van der Waals surface area contributed by atoms with Crippen molar-refractivity contribution >= 4 is 11.2 Å². The molecule has 0 fully saturated rings. The molecule has 0 atom stereocenters. The van der Waals surface area contributed by atoms with E-state index in [0.717, 1.165) is 29.0 Å². The number of imidazole rings is 1. The lowest BCUT2D eigenvalue weighted by molar-refractivity contribution is 0.316. The molecule has 3 rings (SSSR count). The SMILES string of the molecule is CCCOc1cc(OC)ccc1-c1nc2ncncc2[nH]1. The van der Waals surface area contributed by atoms with E-state index in [4.69, 9.17) is 9.47 Å². The fraction of sp³-hybridized carbons (Fsp3) is 0.267. The van der Waals surface area contributed by atoms with Crippen molar-refractivity contribution in [3.05, 3.63) is 30.7 Å². The number of hydrogen-bond donors (Lipinski definition) is 1. The van der Waals surface area contributed by atoms with Crippen LogP contribution in [-0.2, 0) is 0 Å². The zero-order valence-corrected chi connectivity index (χ0v) is 12.0. The van der Waals surface area contributed by atoms with Crippen LogP contribution >= 0.6 is 0 Å². The maximum Gasteiger partial charge on any atom is 0.181 e. The van der Waals surface area contributed by atoms with Gasteiger partial charge in [0.25, 0.3) is 0 Å². The summed E-state index contributed by atoms with van der Waals surface area (Å²) in [6, 6.07) is 5.67. The van der Waals surface area contributed by atoms with Crippen molar-refractivity contribution in [3.63, 3.8) is 0 Å². The van der Waals surface area contributed by atoms with Gasteiger partial charge in [-0.3, -0.25) is 0 Å². The van der Waals surface area contributed by atoms with Gasteiger partial charge in [0.15, 0.2) is 5.65 Å². The van der Waals surface area contributed by atoms with Crippen LogP contribution in [0.2, 0.25) is 0 Å². The quantitative estimate of drug-likeness (QED) is 0.780. The van der Waals surface area contributed by atoms with Gasteiger partial charge in [-0.1, -0.05) is 6.92 Å². The topological polar surface area (TPSA) is 72.9 Å². The van der Waals surface area contributed by atoms with Gasteiger partial charge in [-0.25, -0.2) is 15.0 Å². The van der Waals surface area contributed by atoms with Gasteiger partial charge in [-0.15, -0.1) is 0 Å². The molecule has 0 bridgehead atoms. The summed E-state index contributed by atoms with van der Waals surface area (Å²) in [7, 11) is 1.63. The second kappa shape index (κ2) is 5.78. The molecule has 21 heavy (non-hydrogen) atoms. The highest BCUT2D eigenvalue weighted by atomic mass is 16.5. The van der Waals surface area contributed by atoms with Crippen LogP contribution in [0.15, 0.2) is 30.7 Å². The fourth-order valence-electron chi connectivity index (χ4n) is 2.05. The normalized spacial score (nSPS) is 10.8. The number of hydrogen-bond acceptors (Lipinski definition) is 5. The molecule has 1 N–H and O–H groups in total. The van der Waals surface area contributed by atoms with Gasteiger partial charge < -0.3 is 14.5 Å². The van der Waals surface area contributed by atoms with Gasteiger partial charge in [0.2, 0.25) is 0 Å². The number of nitrogens with one attached hydrogen (secondary N) is 1. The summed E-state index contributed by atoms with van der Waals surface area (Å²) in [5.41, 5.74) is 2.31. The van der Waals surface area contributed by atoms with E-state index >= 15 is 0 Å². The monoisotopic (exact) mass is 284 g/mol. The zero-order chi connectivity index (χ0) is 14.7. The van der Waals surface area contributed by atoms with E-state index in [2.05, 4.69) is 26.9 Å². The summed E-state index contributed by atoms with van der Waals surface area (Å²) in [6.07, 6.45) is 4.12. The minimum absolute atomic E-state index is 0.636. The number of aromatic nitrogens is 4. The Morgan fingerprint density at radius 2 is 2.19 bits per heavy atom. The number of fused-ring (bicyclic) bond motifs is 1. The third-order valence-corrected chi connectivity index (χ3v) is 3.07. The summed E-state index contributed by atoms with van der Waals surface area (Å²) in [5.74, 6) is 2.20. The first kappa shape index (κ1) is 13.4. The number of nitrogens with zero attached hydrogens (tertiary/aromatic N) is 3. The molecule has 2 heterocycles. The molecule has 0 saturated heterocycles. The molecule has 0 unspecified atom stereocenters. The summed E-state index contributed by atoms with van der Waals surface area (Å²) >= 11 is 0. The highest BCUT2D eigenvalue weighted by molar-refractivity contribution is 5.77. The van der Waals surface area contributed by atoms with Crippen molar-refractivity contribution in [2.75, 3.05) is 13.7 Å². The van der Waals surface area contributed by atoms with Gasteiger partial charge in [-0.05, 0) is 18.6 Å². The van der Waals surface area contributed by atoms with Crippen LogP contribution in [0.4, 0.5) is 0 Å². The van der Waals surface area contributed by atoms with E-state index in [0.29, 0.717) is 18.1 Å². The Labute approximate surface area is 122 Å². The van der Waals surface area contributed by atoms with Crippen LogP contribution in [0.5, 0.6) is 11.5 Å². The van der Waals surface area contributed by atoms with E-state index in [1.807, 2.05) is 18.2 Å². The first-order chi connectivity index (χ1) is 10.3. The first-order valence-corrected chi connectivity index (χ1v) is 6.78. The molecule has 2 aromatic heterocycles. The summed E-state index contributed by atoms with van der Waals surface area (Å²) in [6.45, 7) is 2.71. The average molecular weight is 284 g/mol. The predicted octanol–water partition coefficient (Wildman–Crippen LogP) is 2.82. The van der Waals surface area contributed by atoms with Crippen LogP contribution < -0.4 is 9.47 Å². The molecule has 108 valence electrons. The maximum absolute atomic E-state index is 5.80. The molecule has 6 nitrogen and oxygen atoms in total. The van der Waals surface area contributed by atoms with Gasteiger partial charge in [-0.2, -0.15) is 0 Å². The molecule has 1 aromatic carbocycles. The predicted molar refractivity (Wildman–Crippen MR) is 79.5 cm³/mol. The molecule has 0 aliphatic carbocycles. The van der Waals surface area contributed by atoms with Crippen LogP contribution in [0, 0.1) is 0 Å². The summed E-state index contributed by atoms with van der Waals surface area (Å²) < 4.78 is 11.1. The Bertz CT molecular complexity index is 721. The third-order valence-electron chi connectivity index (χ3n) is 3.07. The molecular weight excluding hydrogens is 268 g/mol. The average Bonchev–Trinajstić information content (AvgIpc) is 2.96. The zero-order valence-electron chi connectivity index (χ0n) is 12.0. The van der Waals surface area contributed by atoms with Crippen molar-refractivity contribution in [3.8, 4) is 22.9 Å². The Morgan fingerprint density at radius 1 is 1.29 bits per heavy atom. The highest BCUT2D eigenvalue weighted by Crippen LogP contribution is 2.32. The van der Waals surface area contributed by atoms with Crippen molar-refractivity contribution in [1.29, 1.82) is 0 Å². The fourth-order valence-corrected chi connectivity index (χ4v) is 2.05. The molecule has 6 heteroatoms. The number of ether oxygens (including phenoxy) is 2. The van der Waals surface area contributed by atoms with Gasteiger partial charge in [0.1, 0.15) is 29.2 Å². The van der Waals surface area contributed by atoms with Crippen molar-refractivity contribution in [2.24, 2.45) is 0 Å². The van der Waals surface area contributed by atoms with Crippen LogP contribution in [0.3, 0.4) is 0 Å². The number of H-pyrrole nitrogens is 1. The lowest BCUT2D eigenvalue weighted by atomic mass is 10.2. The van der Waals surface area contributed by atoms with E-state index in [-0.39, 0.29) is 0 Å². The van der Waals surface area contributed by atoms with Gasteiger partial charge in [0, 0.05) is 6.07 Å². The van der Waals surface area contributed by atoms with Crippen LogP contribution in [0.1, 0.15) is 13.3 Å². The van der Waals surface area contributed by atoms with Crippen molar-refractivity contribution in [1.82, 2.24) is 19.9 Å². The van der Waals surface area contributed by atoms with Crippen LogP contribution in [0.25, 0.3) is 22.6 Å². The number of methoxy groups -OCH3 is 1. The van der Waals surface area contributed by atoms with Crippen molar-refractivity contribution in [2.45, 2.75) is 13.3 Å². The Kier molecular flexibility index (Phi) is 3.68. The minimum atomic E-state index is 0.636. The Hall–Kier alpha value is -2.63. The number of rotatable bonds is 5. The Balaban J connectivity index is 2.06. The molecule has 0 spiro atoms. The maximum atomic E-state index is 5.80. The molecule has 3 aromatic rings. The van der Waals surface area contributed by atoms with Gasteiger partial charge in [0.05, 0.1) is 25.5 Å². The molecule has 0 aliphatic heterocycles. The van der Waals surface area contributed by atoms with Crippen molar-refractivity contribution < 1.29 is 9.47 Å². The van der Waals surface area contributed by atoms with Crippen LogP contribution in [-0.4, -0.2) is 33.7 Å². The first-order valence-electron chi connectivity index (χ1n) is 6.78. The molecule has 0 aliphatic rings. The second-order valence-electron chi connectivity index (χ2n) is 4.56. The lowest BCUT2D eigenvalue weighted by Gasteiger charge is -2.11. The smallest absolute Gasteiger partial charge is 0.181 e. The third kappa shape index (κ3) is 2.65.